The van der Waals surface area contributed by atoms with E-state index in [9.17, 15) is 19.6 Å². The zero-order valence-electron chi connectivity index (χ0n) is 21.8. The number of nitrogens with one attached hydrogen (secondary N) is 2. The van der Waals surface area contributed by atoms with E-state index in [1.807, 2.05) is 31.2 Å². The topological polar surface area (TPSA) is 159 Å². The summed E-state index contributed by atoms with van der Waals surface area (Å²) in [6.45, 7) is 6.77. The summed E-state index contributed by atoms with van der Waals surface area (Å²) in [4.78, 5) is 42.2. The minimum atomic E-state index is -0.908. The summed E-state index contributed by atoms with van der Waals surface area (Å²) in [7, 11) is 0. The van der Waals surface area contributed by atoms with E-state index < -0.39 is 11.8 Å². The Morgan fingerprint density at radius 1 is 1.24 bits per heavy atom. The average molecular weight is 541 g/mol. The third-order valence-corrected chi connectivity index (χ3v) is 8.41. The van der Waals surface area contributed by atoms with Gasteiger partial charge < -0.3 is 26.2 Å². The van der Waals surface area contributed by atoms with Crippen molar-refractivity contribution in [3.8, 4) is 12.1 Å². The molecule has 0 saturated carbocycles. The summed E-state index contributed by atoms with van der Waals surface area (Å²) in [5.74, 6) is -1.35. The smallest absolute Gasteiger partial charge is 0.314 e. The second kappa shape index (κ2) is 14.5. The highest BCUT2D eigenvalue weighted by molar-refractivity contribution is 8.01. The average Bonchev–Trinajstić information content (AvgIpc) is 3.23. The quantitative estimate of drug-likeness (QED) is 0.334. The van der Waals surface area contributed by atoms with Crippen LogP contribution >= 0.6 is 11.8 Å². The predicted molar refractivity (Wildman–Crippen MR) is 146 cm³/mol. The number of benzene rings is 1. The van der Waals surface area contributed by atoms with Crippen molar-refractivity contribution in [3.05, 3.63) is 29.8 Å². The number of rotatable bonds is 12. The van der Waals surface area contributed by atoms with Crippen LogP contribution in [0.15, 0.2) is 24.3 Å². The molecule has 2 heterocycles. The lowest BCUT2D eigenvalue weighted by Gasteiger charge is -2.33. The van der Waals surface area contributed by atoms with E-state index in [1.54, 1.807) is 9.80 Å². The number of primary amides is 1. The van der Waals surface area contributed by atoms with Crippen molar-refractivity contribution in [2.45, 2.75) is 36.8 Å². The van der Waals surface area contributed by atoms with Gasteiger partial charge in [0.25, 0.3) is 0 Å². The molecule has 11 nitrogen and oxygen atoms in total. The van der Waals surface area contributed by atoms with E-state index >= 15 is 0 Å². The fourth-order valence-corrected chi connectivity index (χ4v) is 6.30. The van der Waals surface area contributed by atoms with Gasteiger partial charge in [-0.15, -0.1) is 11.8 Å². The summed E-state index contributed by atoms with van der Waals surface area (Å²) < 4.78 is 0. The van der Waals surface area contributed by atoms with Crippen molar-refractivity contribution in [2.75, 3.05) is 57.7 Å². The van der Waals surface area contributed by atoms with Gasteiger partial charge in [-0.05, 0) is 37.5 Å². The van der Waals surface area contributed by atoms with Crippen molar-refractivity contribution >= 4 is 35.3 Å². The molecule has 38 heavy (non-hydrogen) atoms. The maximum absolute atomic E-state index is 13.0. The van der Waals surface area contributed by atoms with Gasteiger partial charge in [0.15, 0.2) is 0 Å². The standard InChI is InChI=1S/C26H36N8O3S/c1-2-34-23(17-20(18-28)24(35)31-10-8-27)38-22(25(34)36)6-9-30-21-5-3-4-19(16-21)7-11-32-12-14-33(15-13-32)26(29)37/h3-5,16,20,22-23,30H,2,6-7,9-15,17H2,1H3,(H2,29,37)(H,31,35). The van der Waals surface area contributed by atoms with E-state index in [0.29, 0.717) is 32.6 Å². The number of anilines is 1. The van der Waals surface area contributed by atoms with E-state index in [0.717, 1.165) is 31.7 Å². The van der Waals surface area contributed by atoms with Crippen LogP contribution in [0.1, 0.15) is 25.3 Å². The van der Waals surface area contributed by atoms with Crippen molar-refractivity contribution in [1.29, 1.82) is 10.5 Å². The summed E-state index contributed by atoms with van der Waals surface area (Å²) in [5, 5.41) is 23.5. The molecule has 2 aliphatic rings. The number of nitrogens with zero attached hydrogens (tertiary/aromatic N) is 5. The Balaban J connectivity index is 1.46. The summed E-state index contributed by atoms with van der Waals surface area (Å²) in [5.41, 5.74) is 7.57. The summed E-state index contributed by atoms with van der Waals surface area (Å²) in [6, 6.07) is 11.7. The summed E-state index contributed by atoms with van der Waals surface area (Å²) >= 11 is 1.50. The maximum Gasteiger partial charge on any atom is 0.314 e. The number of amides is 4. The van der Waals surface area contributed by atoms with Crippen molar-refractivity contribution in [2.24, 2.45) is 11.7 Å². The molecule has 1 aromatic rings. The minimum Gasteiger partial charge on any atom is -0.385 e. The lowest BCUT2D eigenvalue weighted by molar-refractivity contribution is -0.131. The number of carbonyl (C=O) groups is 3. The van der Waals surface area contributed by atoms with Gasteiger partial charge in [-0.25, -0.2) is 4.79 Å². The molecule has 2 aliphatic heterocycles. The Labute approximate surface area is 228 Å². The lowest BCUT2D eigenvalue weighted by Crippen LogP contribution is -2.50. The number of hydrogen-bond donors (Lipinski definition) is 3. The molecule has 3 atom stereocenters. The molecule has 0 aliphatic carbocycles. The van der Waals surface area contributed by atoms with Crippen molar-refractivity contribution in [1.82, 2.24) is 20.0 Å². The Morgan fingerprint density at radius 3 is 2.66 bits per heavy atom. The number of carbonyl (C=O) groups excluding carboxylic acids is 3. The number of nitriles is 2. The molecular weight excluding hydrogens is 504 g/mol. The third kappa shape index (κ3) is 8.01. The van der Waals surface area contributed by atoms with Crippen LogP contribution in [0, 0.1) is 28.6 Å². The number of nitrogens with two attached hydrogens (primary N) is 1. The number of urea groups is 1. The zero-order chi connectivity index (χ0) is 27.5. The third-order valence-electron chi connectivity index (χ3n) is 6.88. The number of thioether (sulfide) groups is 1. The normalized spacial score (nSPS) is 20.4. The minimum absolute atomic E-state index is 0.0311. The molecule has 0 aromatic heterocycles. The van der Waals surface area contributed by atoms with Crippen molar-refractivity contribution < 1.29 is 14.4 Å². The molecule has 3 rings (SSSR count). The largest absolute Gasteiger partial charge is 0.385 e. The van der Waals surface area contributed by atoms with Gasteiger partial charge in [0, 0.05) is 57.9 Å². The fraction of sp³-hybridized carbons (Fsp3) is 0.577. The van der Waals surface area contributed by atoms with Gasteiger partial charge in [0.05, 0.1) is 22.8 Å². The van der Waals surface area contributed by atoms with Gasteiger partial charge in [-0.3, -0.25) is 14.5 Å². The van der Waals surface area contributed by atoms with Gasteiger partial charge in [0.2, 0.25) is 11.8 Å². The van der Waals surface area contributed by atoms with E-state index in [-0.39, 0.29) is 35.5 Å². The second-order valence-electron chi connectivity index (χ2n) is 9.33. The van der Waals surface area contributed by atoms with Crippen LogP contribution in [0.4, 0.5) is 10.5 Å². The highest BCUT2D eigenvalue weighted by atomic mass is 32.2. The summed E-state index contributed by atoms with van der Waals surface area (Å²) in [6.07, 6.45) is 1.77. The van der Waals surface area contributed by atoms with Gasteiger partial charge in [-0.2, -0.15) is 10.5 Å². The van der Waals surface area contributed by atoms with Gasteiger partial charge in [0.1, 0.15) is 12.5 Å². The molecule has 1 aromatic carbocycles. The Morgan fingerprint density at radius 2 is 2.00 bits per heavy atom. The van der Waals surface area contributed by atoms with E-state index in [4.69, 9.17) is 11.0 Å². The highest BCUT2D eigenvalue weighted by Gasteiger charge is 2.40. The molecule has 3 unspecified atom stereocenters. The van der Waals surface area contributed by atoms with Crippen LogP contribution < -0.4 is 16.4 Å². The Kier molecular flexibility index (Phi) is 11.1. The van der Waals surface area contributed by atoms with Crippen LogP contribution in [0.2, 0.25) is 0 Å². The van der Waals surface area contributed by atoms with E-state index in [2.05, 4.69) is 27.7 Å². The fourth-order valence-electron chi connectivity index (χ4n) is 4.72. The van der Waals surface area contributed by atoms with Crippen LogP contribution in [0.3, 0.4) is 0 Å². The molecule has 2 fully saturated rings. The Hall–Kier alpha value is -3.48. The van der Waals surface area contributed by atoms with Crippen LogP contribution in [-0.2, 0) is 16.0 Å². The molecule has 2 saturated heterocycles. The first-order valence-corrected chi connectivity index (χ1v) is 13.9. The maximum atomic E-state index is 13.0. The highest BCUT2D eigenvalue weighted by Crippen LogP contribution is 2.36. The van der Waals surface area contributed by atoms with E-state index in [1.165, 1.54) is 17.3 Å². The molecule has 0 spiro atoms. The molecular formula is C26H36N8O3S. The second-order valence-corrected chi connectivity index (χ2v) is 10.7. The molecule has 0 radical (unpaired) electrons. The molecule has 4 amide bonds. The SMILES string of the molecule is CCN1C(=O)C(CCNc2cccc(CCN3CCN(C(N)=O)CC3)c2)SC1CC(C#N)C(=O)NCC#N. The number of piperazine rings is 1. The first-order chi connectivity index (χ1) is 18.4. The molecule has 204 valence electrons. The van der Waals surface area contributed by atoms with Gasteiger partial charge in [-0.1, -0.05) is 12.1 Å². The molecule has 12 heteroatoms. The number of hydrogen-bond acceptors (Lipinski definition) is 8. The van der Waals surface area contributed by atoms with Crippen LogP contribution in [-0.4, -0.2) is 95.5 Å². The molecule has 0 bridgehead atoms. The van der Waals surface area contributed by atoms with Crippen LogP contribution in [0.25, 0.3) is 0 Å². The zero-order valence-corrected chi connectivity index (χ0v) is 22.6. The lowest BCUT2D eigenvalue weighted by atomic mass is 10.1. The van der Waals surface area contributed by atoms with Gasteiger partial charge >= 0.3 is 6.03 Å². The Bertz CT molecular complexity index is 1060. The first-order valence-electron chi connectivity index (χ1n) is 13.0. The molecule has 4 N–H and O–H groups in total. The monoisotopic (exact) mass is 540 g/mol. The van der Waals surface area contributed by atoms with Crippen molar-refractivity contribution in [3.63, 3.8) is 0 Å². The predicted octanol–water partition coefficient (Wildman–Crippen LogP) is 1.19. The first kappa shape index (κ1) is 29.1. The van der Waals surface area contributed by atoms with Crippen LogP contribution in [0.5, 0.6) is 0 Å².